The second-order valence-electron chi connectivity index (χ2n) is 9.85. The molecule has 2 aromatic carbocycles. The lowest BCUT2D eigenvalue weighted by atomic mass is 9.90. The van der Waals surface area contributed by atoms with Crippen LogP contribution in [0.2, 0.25) is 0 Å². The lowest BCUT2D eigenvalue weighted by molar-refractivity contribution is 0.411. The van der Waals surface area contributed by atoms with Gasteiger partial charge in [0.1, 0.15) is 11.5 Å². The predicted molar refractivity (Wildman–Crippen MR) is 143 cm³/mol. The summed E-state index contributed by atoms with van der Waals surface area (Å²) in [6.45, 7) is 4.27. The van der Waals surface area contributed by atoms with Crippen molar-refractivity contribution in [2.24, 2.45) is 9.98 Å². The van der Waals surface area contributed by atoms with E-state index < -0.39 is 0 Å². The van der Waals surface area contributed by atoms with Crippen LogP contribution in [0.5, 0.6) is 11.5 Å². The van der Waals surface area contributed by atoms with Gasteiger partial charge in [-0.15, -0.1) is 0 Å². The largest absolute Gasteiger partial charge is 0.496 e. The Morgan fingerprint density at radius 1 is 0.618 bits per heavy atom. The number of hydrogen-bond donors (Lipinski definition) is 0. The third kappa shape index (κ3) is 5.54. The molecule has 0 N–H and O–H groups in total. The first kappa shape index (κ1) is 24.5. The third-order valence-corrected chi connectivity index (χ3v) is 7.64. The zero-order valence-corrected chi connectivity index (χ0v) is 21.4. The van der Waals surface area contributed by atoms with Gasteiger partial charge in [0.05, 0.1) is 14.2 Å². The van der Waals surface area contributed by atoms with Gasteiger partial charge in [-0.05, 0) is 74.9 Å². The van der Waals surface area contributed by atoms with E-state index in [-0.39, 0.29) is 0 Å². The van der Waals surface area contributed by atoms with Gasteiger partial charge in [-0.25, -0.2) is 0 Å². The van der Waals surface area contributed by atoms with Crippen LogP contribution in [0.1, 0.15) is 86.5 Å². The molecule has 2 aliphatic carbocycles. The van der Waals surface area contributed by atoms with E-state index in [4.69, 9.17) is 19.5 Å². The van der Waals surface area contributed by atoms with E-state index in [0.717, 1.165) is 33.8 Å². The van der Waals surface area contributed by atoms with Crippen molar-refractivity contribution in [2.45, 2.75) is 90.1 Å². The van der Waals surface area contributed by atoms with Crippen LogP contribution in [-0.2, 0) is 0 Å². The third-order valence-electron chi connectivity index (χ3n) is 7.64. The lowest BCUT2D eigenvalue weighted by Crippen LogP contribution is -2.11. The molecule has 0 aromatic heterocycles. The lowest BCUT2D eigenvalue weighted by Gasteiger charge is -2.20. The minimum atomic E-state index is 0.428. The van der Waals surface area contributed by atoms with Crippen LogP contribution in [0.3, 0.4) is 0 Å². The number of rotatable bonds is 7. The molecule has 0 aliphatic heterocycles. The van der Waals surface area contributed by atoms with Gasteiger partial charge in [-0.2, -0.15) is 0 Å². The van der Waals surface area contributed by atoms with Crippen molar-refractivity contribution in [1.29, 1.82) is 0 Å². The highest BCUT2D eigenvalue weighted by Crippen LogP contribution is 2.36. The van der Waals surface area contributed by atoms with Gasteiger partial charge >= 0.3 is 0 Å². The van der Waals surface area contributed by atoms with Gasteiger partial charge in [0.15, 0.2) is 0 Å². The van der Waals surface area contributed by atoms with Gasteiger partial charge in [0, 0.05) is 46.8 Å². The number of ether oxygens (including phenoxy) is 2. The molecule has 2 aromatic rings. The summed E-state index contributed by atoms with van der Waals surface area (Å²) in [7, 11) is 3.48. The minimum absolute atomic E-state index is 0.428. The maximum Gasteiger partial charge on any atom is 0.122 e. The Morgan fingerprint density at radius 2 is 1.00 bits per heavy atom. The monoisotopic (exact) mass is 460 g/mol. The molecule has 34 heavy (non-hydrogen) atoms. The fourth-order valence-corrected chi connectivity index (χ4v) is 5.48. The van der Waals surface area contributed by atoms with Crippen molar-refractivity contribution in [3.63, 3.8) is 0 Å². The molecule has 0 unspecified atom stereocenters. The molecule has 0 spiro atoms. The zero-order chi connectivity index (χ0) is 23.9. The van der Waals surface area contributed by atoms with Crippen LogP contribution in [-0.4, -0.2) is 38.7 Å². The SMILES string of the molecule is COc1ccc(-c2ccc(OC)c(C)c2C=NC2CCCCC2)c(C=NC2CCCCC2)c1C. The molecule has 0 bridgehead atoms. The standard InChI is InChI=1S/C30H40N2O2/c1-21-27(19-31-23-11-7-5-8-12-23)25(15-17-29(21)33-3)26-16-18-30(34-4)22(2)28(26)20-32-24-13-9-6-10-14-24/h15-20,23-24H,5-14H2,1-4H3. The maximum atomic E-state index is 5.68. The fourth-order valence-electron chi connectivity index (χ4n) is 5.48. The van der Waals surface area contributed by atoms with Crippen LogP contribution >= 0.6 is 0 Å². The number of aliphatic imine (C=N–C) groups is 2. The Morgan fingerprint density at radius 3 is 1.35 bits per heavy atom. The first-order valence-corrected chi connectivity index (χ1v) is 13.0. The molecule has 0 radical (unpaired) electrons. The summed E-state index contributed by atoms with van der Waals surface area (Å²) in [5.41, 5.74) is 6.89. The Balaban J connectivity index is 1.79. The molecule has 0 atom stereocenters. The topological polar surface area (TPSA) is 43.2 Å². The molecule has 2 saturated carbocycles. The molecule has 182 valence electrons. The average Bonchev–Trinajstić information content (AvgIpc) is 2.88. The summed E-state index contributed by atoms with van der Waals surface area (Å²) < 4.78 is 11.4. The summed E-state index contributed by atoms with van der Waals surface area (Å²) in [5.74, 6) is 1.80. The molecule has 0 heterocycles. The summed E-state index contributed by atoms with van der Waals surface area (Å²) in [6.07, 6.45) is 16.8. The van der Waals surface area contributed by atoms with E-state index in [1.54, 1.807) is 14.2 Å². The van der Waals surface area contributed by atoms with Crippen LogP contribution in [0.25, 0.3) is 11.1 Å². The minimum Gasteiger partial charge on any atom is -0.496 e. The molecule has 4 nitrogen and oxygen atoms in total. The molecule has 0 saturated heterocycles. The van der Waals surface area contributed by atoms with Crippen molar-refractivity contribution in [3.05, 3.63) is 46.5 Å². The van der Waals surface area contributed by atoms with Crippen LogP contribution in [0.4, 0.5) is 0 Å². The van der Waals surface area contributed by atoms with E-state index >= 15 is 0 Å². The molecule has 4 rings (SSSR count). The normalized spacial score (nSPS) is 18.1. The Labute approximate surface area is 205 Å². The second-order valence-corrected chi connectivity index (χ2v) is 9.85. The first-order valence-electron chi connectivity index (χ1n) is 13.0. The number of hydrogen-bond acceptors (Lipinski definition) is 4. The molecule has 2 fully saturated rings. The van der Waals surface area contributed by atoms with Crippen molar-refractivity contribution < 1.29 is 9.47 Å². The van der Waals surface area contributed by atoms with Crippen LogP contribution in [0.15, 0.2) is 34.3 Å². The van der Waals surface area contributed by atoms with Crippen LogP contribution in [0, 0.1) is 13.8 Å². The van der Waals surface area contributed by atoms with Crippen molar-refractivity contribution in [2.75, 3.05) is 14.2 Å². The summed E-state index contributed by atoms with van der Waals surface area (Å²) in [6, 6.07) is 9.35. The Hall–Kier alpha value is -2.62. The fraction of sp³-hybridized carbons (Fsp3) is 0.533. The van der Waals surface area contributed by atoms with E-state index in [9.17, 15) is 0 Å². The quantitative estimate of drug-likeness (QED) is 0.402. The van der Waals surface area contributed by atoms with Crippen LogP contribution < -0.4 is 9.47 Å². The van der Waals surface area contributed by atoms with E-state index in [0.29, 0.717) is 12.1 Å². The van der Waals surface area contributed by atoms with E-state index in [1.807, 2.05) is 0 Å². The molecule has 2 aliphatic rings. The Bertz CT molecular complexity index is 945. The highest BCUT2D eigenvalue weighted by molar-refractivity contribution is 5.99. The predicted octanol–water partition coefficient (Wildman–Crippen LogP) is 7.49. The highest BCUT2D eigenvalue weighted by atomic mass is 16.5. The second kappa shape index (κ2) is 11.7. The summed E-state index contributed by atoms with van der Waals surface area (Å²) in [5, 5.41) is 0. The van der Waals surface area contributed by atoms with Gasteiger partial charge < -0.3 is 9.47 Å². The molecular weight excluding hydrogens is 420 g/mol. The smallest absolute Gasteiger partial charge is 0.122 e. The molecule has 4 heteroatoms. The average molecular weight is 461 g/mol. The van der Waals surface area contributed by atoms with Crippen molar-refractivity contribution in [3.8, 4) is 22.6 Å². The summed E-state index contributed by atoms with van der Waals surface area (Å²) in [4.78, 5) is 10.1. The van der Waals surface area contributed by atoms with E-state index in [1.165, 1.54) is 75.3 Å². The van der Waals surface area contributed by atoms with Gasteiger partial charge in [0.25, 0.3) is 0 Å². The number of nitrogens with zero attached hydrogens (tertiary/aromatic N) is 2. The molecular formula is C30H40N2O2. The van der Waals surface area contributed by atoms with Crippen molar-refractivity contribution in [1.82, 2.24) is 0 Å². The first-order chi connectivity index (χ1) is 16.6. The van der Waals surface area contributed by atoms with Crippen molar-refractivity contribution >= 4 is 12.4 Å². The van der Waals surface area contributed by atoms with E-state index in [2.05, 4.69) is 50.5 Å². The zero-order valence-electron chi connectivity index (χ0n) is 21.4. The van der Waals surface area contributed by atoms with Gasteiger partial charge in [-0.1, -0.05) is 38.5 Å². The Kier molecular flexibility index (Phi) is 8.42. The number of benzene rings is 2. The van der Waals surface area contributed by atoms with Gasteiger partial charge in [-0.3, -0.25) is 9.98 Å². The maximum absolute atomic E-state index is 5.68. The van der Waals surface area contributed by atoms with Gasteiger partial charge in [0.2, 0.25) is 0 Å². The highest BCUT2D eigenvalue weighted by Gasteiger charge is 2.18. The molecule has 0 amide bonds. The summed E-state index contributed by atoms with van der Waals surface area (Å²) >= 11 is 0. The number of methoxy groups -OCH3 is 2.